The summed E-state index contributed by atoms with van der Waals surface area (Å²) in [7, 11) is 1.41. The van der Waals surface area contributed by atoms with Gasteiger partial charge in [-0.3, -0.25) is 0 Å². The summed E-state index contributed by atoms with van der Waals surface area (Å²) in [4.78, 5) is 11.8. The molecule has 1 unspecified atom stereocenters. The Morgan fingerprint density at radius 3 is 2.75 bits per heavy atom. The summed E-state index contributed by atoms with van der Waals surface area (Å²) >= 11 is 0. The Hall–Kier alpha value is -2.03. The van der Waals surface area contributed by atoms with Gasteiger partial charge in [0.05, 0.1) is 12.7 Å². The van der Waals surface area contributed by atoms with Crippen LogP contribution in [-0.4, -0.2) is 13.1 Å². The Morgan fingerprint density at radius 1 is 1.30 bits per heavy atom. The first-order valence-corrected chi connectivity index (χ1v) is 7.04. The molecule has 0 radical (unpaired) electrons. The van der Waals surface area contributed by atoms with E-state index in [1.54, 1.807) is 0 Å². The zero-order valence-electron chi connectivity index (χ0n) is 11.7. The molecule has 2 N–H and O–H groups in total. The van der Waals surface area contributed by atoms with Crippen molar-refractivity contribution in [1.29, 1.82) is 0 Å². The zero-order valence-corrected chi connectivity index (χ0v) is 11.7. The van der Waals surface area contributed by atoms with Crippen LogP contribution in [0.15, 0.2) is 52.7 Å². The van der Waals surface area contributed by atoms with Gasteiger partial charge in [0.2, 0.25) is 0 Å². The highest BCUT2D eigenvalue weighted by atomic mass is 16.5. The van der Waals surface area contributed by atoms with Gasteiger partial charge in [-0.05, 0) is 36.3 Å². The van der Waals surface area contributed by atoms with Crippen molar-refractivity contribution < 1.29 is 9.53 Å². The molecule has 1 atom stereocenters. The molecule has 0 saturated carbocycles. The second-order valence-electron chi connectivity index (χ2n) is 5.50. The van der Waals surface area contributed by atoms with Gasteiger partial charge in [-0.15, -0.1) is 0 Å². The first-order valence-electron chi connectivity index (χ1n) is 7.04. The number of ether oxygens (including phenoxy) is 1. The van der Waals surface area contributed by atoms with E-state index in [2.05, 4.69) is 24.3 Å². The molecule has 0 amide bonds. The van der Waals surface area contributed by atoms with E-state index < -0.39 is 0 Å². The lowest BCUT2D eigenvalue weighted by Crippen LogP contribution is -2.13. The van der Waals surface area contributed by atoms with Crippen LogP contribution in [-0.2, 0) is 9.53 Å². The van der Waals surface area contributed by atoms with Gasteiger partial charge in [-0.25, -0.2) is 4.79 Å². The van der Waals surface area contributed by atoms with Crippen LogP contribution < -0.4 is 5.73 Å². The van der Waals surface area contributed by atoms with Crippen LogP contribution in [0.1, 0.15) is 37.2 Å². The molecule has 2 aliphatic rings. The number of nitrogens with two attached hydrogens (primary N) is 1. The van der Waals surface area contributed by atoms with Gasteiger partial charge in [0.25, 0.3) is 0 Å². The summed E-state index contributed by atoms with van der Waals surface area (Å²) in [5.74, 6) is 0.255. The number of rotatable bonds is 2. The molecule has 2 aliphatic carbocycles. The van der Waals surface area contributed by atoms with E-state index in [1.165, 1.54) is 18.2 Å². The summed E-state index contributed by atoms with van der Waals surface area (Å²) in [6, 6.07) is 10.6. The fourth-order valence-electron chi connectivity index (χ4n) is 3.38. The van der Waals surface area contributed by atoms with Crippen LogP contribution in [0.25, 0.3) is 0 Å². The lowest BCUT2D eigenvalue weighted by molar-refractivity contribution is -0.135. The Labute approximate surface area is 119 Å². The normalized spacial score (nSPS) is 21.9. The number of carbonyl (C=O) groups is 1. The van der Waals surface area contributed by atoms with Crippen LogP contribution in [0.5, 0.6) is 0 Å². The summed E-state index contributed by atoms with van der Waals surface area (Å²) in [6.07, 6.45) is 3.71. The van der Waals surface area contributed by atoms with Gasteiger partial charge in [-0.1, -0.05) is 35.9 Å². The fourth-order valence-corrected chi connectivity index (χ4v) is 3.38. The minimum absolute atomic E-state index is 0.286. The zero-order chi connectivity index (χ0) is 14.1. The average molecular weight is 269 g/mol. The number of esters is 1. The third-order valence-corrected chi connectivity index (χ3v) is 4.35. The first kappa shape index (κ1) is 13.0. The van der Waals surface area contributed by atoms with Crippen molar-refractivity contribution in [3.05, 3.63) is 58.3 Å². The van der Waals surface area contributed by atoms with Crippen molar-refractivity contribution in [2.75, 3.05) is 7.11 Å². The maximum atomic E-state index is 11.8. The third-order valence-electron chi connectivity index (χ3n) is 4.35. The topological polar surface area (TPSA) is 52.3 Å². The molecule has 20 heavy (non-hydrogen) atoms. The Balaban J connectivity index is 1.84. The van der Waals surface area contributed by atoms with Crippen molar-refractivity contribution in [3.8, 4) is 0 Å². The molecule has 0 heterocycles. The molecule has 0 aliphatic heterocycles. The van der Waals surface area contributed by atoms with Crippen LogP contribution in [0.2, 0.25) is 0 Å². The van der Waals surface area contributed by atoms with Crippen molar-refractivity contribution in [3.63, 3.8) is 0 Å². The van der Waals surface area contributed by atoms with E-state index in [0.717, 1.165) is 31.3 Å². The second kappa shape index (κ2) is 5.16. The molecule has 104 valence electrons. The monoisotopic (exact) mass is 269 g/mol. The molecule has 0 spiro atoms. The van der Waals surface area contributed by atoms with Crippen molar-refractivity contribution >= 4 is 5.97 Å². The highest BCUT2D eigenvalue weighted by molar-refractivity contribution is 5.95. The molecule has 3 heteroatoms. The van der Waals surface area contributed by atoms with E-state index in [4.69, 9.17) is 10.5 Å². The predicted molar refractivity (Wildman–Crippen MR) is 77.9 cm³/mol. The Bertz CT molecular complexity index is 599. The SMILES string of the molecule is COC(=O)C1=C(N)CC2=C1CCC(c1ccccc1)C2. The van der Waals surface area contributed by atoms with Gasteiger partial charge >= 0.3 is 5.97 Å². The maximum Gasteiger partial charge on any atom is 0.339 e. The van der Waals surface area contributed by atoms with Gasteiger partial charge in [0.1, 0.15) is 0 Å². The highest BCUT2D eigenvalue weighted by Gasteiger charge is 2.33. The molecule has 1 aromatic carbocycles. The summed E-state index contributed by atoms with van der Waals surface area (Å²) < 4.78 is 4.85. The van der Waals surface area contributed by atoms with E-state index in [-0.39, 0.29) is 5.97 Å². The smallest absolute Gasteiger partial charge is 0.339 e. The highest BCUT2D eigenvalue weighted by Crippen LogP contribution is 2.45. The van der Waals surface area contributed by atoms with Crippen LogP contribution in [0.3, 0.4) is 0 Å². The lowest BCUT2D eigenvalue weighted by Gasteiger charge is -2.25. The van der Waals surface area contributed by atoms with Gasteiger partial charge in [-0.2, -0.15) is 0 Å². The van der Waals surface area contributed by atoms with E-state index >= 15 is 0 Å². The maximum absolute atomic E-state index is 11.8. The van der Waals surface area contributed by atoms with E-state index in [9.17, 15) is 4.79 Å². The van der Waals surface area contributed by atoms with Crippen molar-refractivity contribution in [2.45, 2.75) is 31.6 Å². The fraction of sp³-hybridized carbons (Fsp3) is 0.353. The van der Waals surface area contributed by atoms with Crippen LogP contribution in [0, 0.1) is 0 Å². The average Bonchev–Trinajstić information content (AvgIpc) is 2.82. The second-order valence-corrected chi connectivity index (χ2v) is 5.50. The van der Waals surface area contributed by atoms with Crippen LogP contribution >= 0.6 is 0 Å². The number of hydrogen-bond donors (Lipinski definition) is 1. The molecule has 0 aromatic heterocycles. The molecular formula is C17H19NO2. The van der Waals surface area contributed by atoms with Gasteiger partial charge in [0, 0.05) is 12.1 Å². The number of allylic oxidation sites excluding steroid dienone is 1. The molecular weight excluding hydrogens is 250 g/mol. The number of carbonyl (C=O) groups excluding carboxylic acids is 1. The molecule has 3 rings (SSSR count). The summed E-state index contributed by atoms with van der Waals surface area (Å²) in [5.41, 5.74) is 11.2. The van der Waals surface area contributed by atoms with Gasteiger partial charge in [0.15, 0.2) is 0 Å². The molecule has 3 nitrogen and oxygen atoms in total. The lowest BCUT2D eigenvalue weighted by atomic mass is 9.80. The minimum Gasteiger partial charge on any atom is -0.465 e. The number of hydrogen-bond acceptors (Lipinski definition) is 3. The standard InChI is InChI=1S/C17H19NO2/c1-20-17(19)16-14-8-7-12(9-13(14)10-15(16)18)11-5-3-2-4-6-11/h2-6,12H,7-10,18H2,1H3. The Morgan fingerprint density at radius 2 is 2.05 bits per heavy atom. The number of benzene rings is 1. The van der Waals surface area contributed by atoms with Gasteiger partial charge < -0.3 is 10.5 Å². The predicted octanol–water partition coefficient (Wildman–Crippen LogP) is 3.04. The van der Waals surface area contributed by atoms with Crippen LogP contribution in [0.4, 0.5) is 0 Å². The summed E-state index contributed by atoms with van der Waals surface area (Å²) in [6.45, 7) is 0. The third kappa shape index (κ3) is 2.13. The van der Waals surface area contributed by atoms with Crippen molar-refractivity contribution in [1.82, 2.24) is 0 Å². The summed E-state index contributed by atoms with van der Waals surface area (Å²) in [5, 5.41) is 0. The molecule has 0 fully saturated rings. The largest absolute Gasteiger partial charge is 0.465 e. The quantitative estimate of drug-likeness (QED) is 0.840. The minimum atomic E-state index is -0.286. The molecule has 0 saturated heterocycles. The van der Waals surface area contributed by atoms with Crippen molar-refractivity contribution in [2.24, 2.45) is 5.73 Å². The first-order chi connectivity index (χ1) is 9.70. The van der Waals surface area contributed by atoms with E-state index in [0.29, 0.717) is 17.2 Å². The Kier molecular flexibility index (Phi) is 3.35. The number of methoxy groups -OCH3 is 1. The molecule has 0 bridgehead atoms. The molecule has 1 aromatic rings. The van der Waals surface area contributed by atoms with E-state index in [1.807, 2.05) is 6.07 Å².